The Hall–Kier alpha value is -1.72. The normalized spacial score (nSPS) is 23.2. The van der Waals surface area contributed by atoms with Crippen LogP contribution in [0.15, 0.2) is 24.3 Å². The molecule has 1 aromatic carbocycles. The Kier molecular flexibility index (Phi) is 2.78. The Bertz CT molecular complexity index is 620. The highest BCUT2D eigenvalue weighted by molar-refractivity contribution is 6.03. The van der Waals surface area contributed by atoms with Gasteiger partial charge in [-0.25, -0.2) is 0 Å². The van der Waals surface area contributed by atoms with Crippen molar-refractivity contribution in [1.82, 2.24) is 0 Å². The standard InChI is InChI=1S/C16H17F3N2O/c17-16(18,19)15(7-8-15)14(22)21-10-9-20(11-5-6-11)12-3-1-2-4-13(12)21/h1-4,11H,5-10H2. The molecule has 1 amide bonds. The number of benzene rings is 1. The van der Waals surface area contributed by atoms with Crippen LogP contribution in [-0.4, -0.2) is 31.2 Å². The number of amides is 1. The second kappa shape index (κ2) is 4.40. The molecule has 0 spiro atoms. The van der Waals surface area contributed by atoms with Crippen molar-refractivity contribution in [3.63, 3.8) is 0 Å². The van der Waals surface area contributed by atoms with E-state index in [-0.39, 0.29) is 12.8 Å². The molecule has 1 heterocycles. The summed E-state index contributed by atoms with van der Waals surface area (Å²) in [5.41, 5.74) is -0.620. The molecule has 3 aliphatic rings. The summed E-state index contributed by atoms with van der Waals surface area (Å²) in [5.74, 6) is -0.775. The third-order valence-corrected chi connectivity index (χ3v) is 4.98. The lowest BCUT2D eigenvalue weighted by Crippen LogP contribution is -2.50. The first-order valence-electron chi connectivity index (χ1n) is 7.68. The fourth-order valence-electron chi connectivity index (χ4n) is 3.36. The molecule has 0 saturated heterocycles. The Balaban J connectivity index is 1.69. The number of fused-ring (bicyclic) bond motifs is 1. The number of halogens is 3. The van der Waals surface area contributed by atoms with Crippen molar-refractivity contribution < 1.29 is 18.0 Å². The van der Waals surface area contributed by atoms with E-state index in [1.54, 1.807) is 12.1 Å². The molecule has 2 aliphatic carbocycles. The van der Waals surface area contributed by atoms with Crippen LogP contribution in [0.4, 0.5) is 24.5 Å². The summed E-state index contributed by atoms with van der Waals surface area (Å²) in [5, 5.41) is 0. The molecule has 0 atom stereocenters. The van der Waals surface area contributed by atoms with Crippen LogP contribution < -0.4 is 9.80 Å². The van der Waals surface area contributed by atoms with Gasteiger partial charge in [0.05, 0.1) is 11.4 Å². The second-order valence-corrected chi connectivity index (χ2v) is 6.45. The fourth-order valence-corrected chi connectivity index (χ4v) is 3.36. The summed E-state index contributed by atoms with van der Waals surface area (Å²) in [6, 6.07) is 7.80. The average Bonchev–Trinajstić information content (AvgIpc) is 3.38. The fraction of sp³-hybridized carbons (Fsp3) is 0.562. The summed E-state index contributed by atoms with van der Waals surface area (Å²) in [7, 11) is 0. The van der Waals surface area contributed by atoms with E-state index in [0.717, 1.165) is 18.5 Å². The smallest absolute Gasteiger partial charge is 0.365 e. The largest absolute Gasteiger partial charge is 0.403 e. The lowest BCUT2D eigenvalue weighted by atomic mass is 10.0. The third-order valence-electron chi connectivity index (χ3n) is 4.98. The van der Waals surface area contributed by atoms with E-state index in [4.69, 9.17) is 0 Å². The Morgan fingerprint density at radius 1 is 1.09 bits per heavy atom. The highest BCUT2D eigenvalue weighted by atomic mass is 19.4. The molecular formula is C16H17F3N2O. The first-order chi connectivity index (χ1) is 10.4. The van der Waals surface area contributed by atoms with Gasteiger partial charge in [0.15, 0.2) is 0 Å². The molecule has 0 radical (unpaired) electrons. The number of anilines is 2. The predicted octanol–water partition coefficient (Wildman–Crippen LogP) is 3.34. The van der Waals surface area contributed by atoms with Crippen molar-refractivity contribution in [3.05, 3.63) is 24.3 Å². The zero-order valence-corrected chi connectivity index (χ0v) is 12.1. The minimum atomic E-state index is -4.45. The zero-order valence-electron chi connectivity index (χ0n) is 12.1. The van der Waals surface area contributed by atoms with Crippen LogP contribution in [0.3, 0.4) is 0 Å². The van der Waals surface area contributed by atoms with Gasteiger partial charge in [-0.1, -0.05) is 12.1 Å². The maximum absolute atomic E-state index is 13.2. The molecule has 0 aromatic heterocycles. The summed E-state index contributed by atoms with van der Waals surface area (Å²) in [6.07, 6.45) is -2.38. The minimum Gasteiger partial charge on any atom is -0.365 e. The van der Waals surface area contributed by atoms with E-state index in [2.05, 4.69) is 4.90 Å². The summed E-state index contributed by atoms with van der Waals surface area (Å²) in [6.45, 7) is 0.950. The number of carbonyl (C=O) groups is 1. The second-order valence-electron chi connectivity index (χ2n) is 6.45. The van der Waals surface area contributed by atoms with Gasteiger partial charge in [-0.15, -0.1) is 0 Å². The number of hydrogen-bond donors (Lipinski definition) is 0. The number of alkyl halides is 3. The number of para-hydroxylation sites is 2. The zero-order chi connectivity index (χ0) is 15.5. The lowest BCUT2D eigenvalue weighted by Gasteiger charge is -2.39. The summed E-state index contributed by atoms with van der Waals surface area (Å²) < 4.78 is 39.7. The van der Waals surface area contributed by atoms with Gasteiger partial charge in [-0.2, -0.15) is 13.2 Å². The van der Waals surface area contributed by atoms with E-state index < -0.39 is 17.5 Å². The molecule has 3 nitrogen and oxygen atoms in total. The van der Waals surface area contributed by atoms with E-state index in [1.165, 1.54) is 4.90 Å². The van der Waals surface area contributed by atoms with Crippen LogP contribution in [0.25, 0.3) is 0 Å². The van der Waals surface area contributed by atoms with Gasteiger partial charge < -0.3 is 9.80 Å². The highest BCUT2D eigenvalue weighted by Crippen LogP contribution is 2.59. The first kappa shape index (κ1) is 13.9. The van der Waals surface area contributed by atoms with Crippen molar-refractivity contribution in [1.29, 1.82) is 0 Å². The van der Waals surface area contributed by atoms with Gasteiger partial charge in [0.1, 0.15) is 5.41 Å². The Labute approximate surface area is 126 Å². The molecule has 1 aromatic rings. The van der Waals surface area contributed by atoms with E-state index in [1.807, 2.05) is 12.1 Å². The van der Waals surface area contributed by atoms with Gasteiger partial charge in [0, 0.05) is 19.1 Å². The lowest BCUT2D eigenvalue weighted by molar-refractivity contribution is -0.190. The van der Waals surface area contributed by atoms with Crippen LogP contribution in [0.2, 0.25) is 0 Å². The highest BCUT2D eigenvalue weighted by Gasteiger charge is 2.69. The minimum absolute atomic E-state index is 0.0830. The van der Waals surface area contributed by atoms with Crippen molar-refractivity contribution >= 4 is 17.3 Å². The van der Waals surface area contributed by atoms with Gasteiger partial charge in [-0.3, -0.25) is 4.79 Å². The number of nitrogens with zero attached hydrogens (tertiary/aromatic N) is 2. The molecule has 6 heteroatoms. The quantitative estimate of drug-likeness (QED) is 0.836. The van der Waals surface area contributed by atoms with Crippen molar-refractivity contribution in [3.8, 4) is 0 Å². The van der Waals surface area contributed by atoms with Gasteiger partial charge >= 0.3 is 6.18 Å². The molecule has 1 aliphatic heterocycles. The maximum Gasteiger partial charge on any atom is 0.403 e. The van der Waals surface area contributed by atoms with Crippen molar-refractivity contribution in [2.24, 2.45) is 5.41 Å². The molecule has 22 heavy (non-hydrogen) atoms. The molecule has 0 N–H and O–H groups in total. The number of rotatable bonds is 2. The summed E-state index contributed by atoms with van der Waals surface area (Å²) >= 11 is 0. The topological polar surface area (TPSA) is 23.6 Å². The maximum atomic E-state index is 13.2. The van der Waals surface area contributed by atoms with Gasteiger partial charge in [-0.05, 0) is 37.8 Å². The molecule has 4 rings (SSSR count). The van der Waals surface area contributed by atoms with Crippen LogP contribution >= 0.6 is 0 Å². The van der Waals surface area contributed by atoms with Gasteiger partial charge in [0.2, 0.25) is 5.91 Å². The molecule has 0 unspecified atom stereocenters. The third kappa shape index (κ3) is 1.92. The molecule has 118 valence electrons. The number of hydrogen-bond acceptors (Lipinski definition) is 2. The van der Waals surface area contributed by atoms with Crippen molar-refractivity contribution in [2.45, 2.75) is 37.9 Å². The molecule has 2 fully saturated rings. The Morgan fingerprint density at radius 2 is 1.73 bits per heavy atom. The monoisotopic (exact) mass is 310 g/mol. The Morgan fingerprint density at radius 3 is 2.27 bits per heavy atom. The van der Waals surface area contributed by atoms with Gasteiger partial charge in [0.25, 0.3) is 0 Å². The predicted molar refractivity (Wildman–Crippen MR) is 76.9 cm³/mol. The van der Waals surface area contributed by atoms with E-state index >= 15 is 0 Å². The average molecular weight is 310 g/mol. The molecule has 2 saturated carbocycles. The van der Waals surface area contributed by atoms with Crippen LogP contribution in [0.1, 0.15) is 25.7 Å². The van der Waals surface area contributed by atoms with Crippen LogP contribution in [0.5, 0.6) is 0 Å². The van der Waals surface area contributed by atoms with E-state index in [0.29, 0.717) is 24.8 Å². The molecular weight excluding hydrogens is 293 g/mol. The summed E-state index contributed by atoms with van der Waals surface area (Å²) in [4.78, 5) is 16.2. The van der Waals surface area contributed by atoms with Crippen LogP contribution in [0, 0.1) is 5.41 Å². The molecule has 0 bridgehead atoms. The number of carbonyl (C=O) groups excluding carboxylic acids is 1. The van der Waals surface area contributed by atoms with E-state index in [9.17, 15) is 18.0 Å². The van der Waals surface area contributed by atoms with Crippen molar-refractivity contribution in [2.75, 3.05) is 22.9 Å². The first-order valence-corrected chi connectivity index (χ1v) is 7.68. The SMILES string of the molecule is O=C(N1CCN(C2CC2)c2ccccc21)C1(C(F)(F)F)CC1. The van der Waals surface area contributed by atoms with Crippen LogP contribution in [-0.2, 0) is 4.79 Å².